The summed E-state index contributed by atoms with van der Waals surface area (Å²) in [5.41, 5.74) is -4.45. The number of hydrogen-bond donors (Lipinski definition) is 1. The number of carbonyl (C=O) groups is 5. The highest BCUT2D eigenvalue weighted by atomic mass is 35.5. The van der Waals surface area contributed by atoms with E-state index in [-0.39, 0.29) is 18.6 Å². The molecule has 2 heterocycles. The Bertz CT molecular complexity index is 1180. The molecule has 1 spiro atoms. The van der Waals surface area contributed by atoms with Crippen LogP contribution in [0.4, 0.5) is 0 Å². The van der Waals surface area contributed by atoms with E-state index in [1.54, 1.807) is 6.92 Å². The zero-order chi connectivity index (χ0) is 30.5. The molecule has 41 heavy (non-hydrogen) atoms. The zero-order valence-electron chi connectivity index (χ0n) is 23.5. The van der Waals surface area contributed by atoms with Gasteiger partial charge in [-0.05, 0) is 31.4 Å². The zero-order valence-corrected chi connectivity index (χ0v) is 24.3. The van der Waals surface area contributed by atoms with E-state index < -0.39 is 94.7 Å². The van der Waals surface area contributed by atoms with E-state index in [1.807, 2.05) is 0 Å². The number of carbonyl (C=O) groups excluding carboxylic acids is 5. The number of hydrogen-bond acceptors (Lipinski definition) is 12. The first kappa shape index (κ1) is 31.0. The van der Waals surface area contributed by atoms with Crippen LogP contribution in [0.1, 0.15) is 47.5 Å². The van der Waals surface area contributed by atoms with Crippen molar-refractivity contribution in [2.24, 2.45) is 17.3 Å². The molecule has 2 saturated heterocycles. The number of aliphatic hydroxyl groups is 1. The van der Waals surface area contributed by atoms with E-state index in [0.717, 1.165) is 13.8 Å². The lowest BCUT2D eigenvalue weighted by atomic mass is 9.53. The van der Waals surface area contributed by atoms with Crippen LogP contribution in [0.3, 0.4) is 0 Å². The second-order valence-electron chi connectivity index (χ2n) is 11.4. The number of alkyl halides is 1. The van der Waals surface area contributed by atoms with Gasteiger partial charge in [-0.3, -0.25) is 19.2 Å². The number of esters is 5. The summed E-state index contributed by atoms with van der Waals surface area (Å²) in [6.07, 6.45) is -1.49. The third-order valence-corrected chi connectivity index (χ3v) is 9.26. The number of rotatable bonds is 5. The molecule has 4 rings (SSSR count). The Morgan fingerprint density at radius 1 is 1.12 bits per heavy atom. The molecule has 0 amide bonds. The van der Waals surface area contributed by atoms with Crippen molar-refractivity contribution in [1.82, 2.24) is 0 Å². The largest absolute Gasteiger partial charge is 0.462 e. The van der Waals surface area contributed by atoms with Crippen LogP contribution in [-0.4, -0.2) is 89.2 Å². The van der Waals surface area contributed by atoms with Crippen molar-refractivity contribution in [3.05, 3.63) is 24.3 Å². The lowest BCUT2D eigenvalue weighted by Crippen LogP contribution is -2.70. The van der Waals surface area contributed by atoms with Gasteiger partial charge < -0.3 is 33.5 Å². The second kappa shape index (κ2) is 11.0. The first-order chi connectivity index (χ1) is 19.1. The molecular formula is C28H35ClO12. The predicted molar refractivity (Wildman–Crippen MR) is 139 cm³/mol. The van der Waals surface area contributed by atoms with Crippen molar-refractivity contribution >= 4 is 41.4 Å². The molecule has 10 atom stereocenters. The van der Waals surface area contributed by atoms with E-state index >= 15 is 0 Å². The number of halogens is 1. The molecule has 1 N–H and O–H groups in total. The van der Waals surface area contributed by atoms with Crippen LogP contribution >= 0.6 is 11.6 Å². The molecule has 0 aromatic carbocycles. The quantitative estimate of drug-likeness (QED) is 0.210. The lowest BCUT2D eigenvalue weighted by molar-refractivity contribution is -0.239. The van der Waals surface area contributed by atoms with Gasteiger partial charge in [0, 0.05) is 26.7 Å². The Balaban J connectivity index is 1.98. The molecule has 13 heteroatoms. The fourth-order valence-electron chi connectivity index (χ4n) is 6.65. The van der Waals surface area contributed by atoms with E-state index in [2.05, 4.69) is 6.58 Å². The molecular weight excluding hydrogens is 564 g/mol. The van der Waals surface area contributed by atoms with Crippen molar-refractivity contribution in [1.29, 1.82) is 0 Å². The fraction of sp³-hybridized carbons (Fsp3) is 0.679. The number of allylic oxidation sites excluding steroid dienone is 1. The summed E-state index contributed by atoms with van der Waals surface area (Å²) in [7, 11) is 0. The van der Waals surface area contributed by atoms with E-state index in [4.69, 9.17) is 40.0 Å². The van der Waals surface area contributed by atoms with Crippen LogP contribution in [0.2, 0.25) is 0 Å². The average Bonchev–Trinajstić information content (AvgIpc) is 3.62. The highest BCUT2D eigenvalue weighted by molar-refractivity contribution is 6.23. The summed E-state index contributed by atoms with van der Waals surface area (Å²) < 4.78 is 33.9. The Morgan fingerprint density at radius 2 is 1.76 bits per heavy atom. The Hall–Kier alpha value is -2.96. The average molecular weight is 599 g/mol. The summed E-state index contributed by atoms with van der Waals surface area (Å²) in [5.74, 6) is -6.00. The van der Waals surface area contributed by atoms with Crippen molar-refractivity contribution in [3.63, 3.8) is 0 Å². The summed E-state index contributed by atoms with van der Waals surface area (Å²) in [6.45, 7) is 10.1. The first-order valence-corrected chi connectivity index (χ1v) is 13.8. The summed E-state index contributed by atoms with van der Waals surface area (Å²) >= 11 is 6.73. The Labute approximate surface area is 242 Å². The van der Waals surface area contributed by atoms with Crippen LogP contribution in [0.25, 0.3) is 0 Å². The maximum absolute atomic E-state index is 12.9. The SMILES string of the molecule is C=C1/C=C\[C@H](OC(=O)COC(C)=O)[C@@]2(C)[C@@H](OC(C)=O)CC[C@]3(CO3)[C@@H]2[C@H](OC(C)=O)[C@]2(O)[C@@H](C)C(=O)O[C@H]2[C@H]1Cl. The molecule has 226 valence electrons. The van der Waals surface area contributed by atoms with E-state index in [9.17, 15) is 29.1 Å². The van der Waals surface area contributed by atoms with Gasteiger partial charge in [0.25, 0.3) is 0 Å². The van der Waals surface area contributed by atoms with Gasteiger partial charge in [0.15, 0.2) is 18.3 Å². The summed E-state index contributed by atoms with van der Waals surface area (Å²) in [6, 6.07) is 0. The highest BCUT2D eigenvalue weighted by Gasteiger charge is 2.75. The van der Waals surface area contributed by atoms with Crippen molar-refractivity contribution in [2.75, 3.05) is 13.2 Å². The molecule has 0 aromatic heterocycles. The maximum atomic E-state index is 12.9. The van der Waals surface area contributed by atoms with Gasteiger partial charge >= 0.3 is 29.8 Å². The normalized spacial score (nSPS) is 42.2. The molecule has 12 nitrogen and oxygen atoms in total. The van der Waals surface area contributed by atoms with Gasteiger partial charge in [0.05, 0.1) is 28.9 Å². The first-order valence-electron chi connectivity index (χ1n) is 13.3. The number of fused-ring (bicyclic) bond motifs is 3. The van der Waals surface area contributed by atoms with Crippen LogP contribution in [0, 0.1) is 17.3 Å². The number of ether oxygens (including phenoxy) is 6. The van der Waals surface area contributed by atoms with Gasteiger partial charge in [0.2, 0.25) is 0 Å². The minimum absolute atomic E-state index is 0.191. The van der Waals surface area contributed by atoms with Gasteiger partial charge in [-0.2, -0.15) is 0 Å². The molecule has 0 radical (unpaired) electrons. The smallest absolute Gasteiger partial charge is 0.344 e. The monoisotopic (exact) mass is 598 g/mol. The molecule has 2 aliphatic carbocycles. The molecule has 4 aliphatic rings. The molecule has 0 aromatic rings. The van der Waals surface area contributed by atoms with Gasteiger partial charge in [-0.1, -0.05) is 19.6 Å². The van der Waals surface area contributed by atoms with Crippen LogP contribution in [0.15, 0.2) is 24.3 Å². The van der Waals surface area contributed by atoms with Gasteiger partial charge in [-0.15, -0.1) is 11.6 Å². The van der Waals surface area contributed by atoms with Crippen LogP contribution in [-0.2, 0) is 52.4 Å². The van der Waals surface area contributed by atoms with E-state index in [1.165, 1.54) is 26.0 Å². The van der Waals surface area contributed by atoms with Crippen molar-refractivity contribution in [2.45, 2.75) is 88.5 Å². The molecule has 0 unspecified atom stereocenters. The van der Waals surface area contributed by atoms with Crippen molar-refractivity contribution in [3.8, 4) is 0 Å². The maximum Gasteiger partial charge on any atom is 0.344 e. The summed E-state index contributed by atoms with van der Waals surface area (Å²) in [4.78, 5) is 62.1. The minimum atomic E-state index is -2.20. The van der Waals surface area contributed by atoms with Gasteiger partial charge in [-0.25, -0.2) is 4.79 Å². The predicted octanol–water partition coefficient (Wildman–Crippen LogP) is 1.54. The third kappa shape index (κ3) is 5.37. The summed E-state index contributed by atoms with van der Waals surface area (Å²) in [5, 5.41) is 11.3. The third-order valence-electron chi connectivity index (χ3n) is 8.75. The minimum Gasteiger partial charge on any atom is -0.462 e. The van der Waals surface area contributed by atoms with Crippen LogP contribution in [0.5, 0.6) is 0 Å². The standard InChI is InChI=1S/C28H35ClO12/c1-13-7-8-18(40-20(33)11-36-15(3)30)26(6)19(38-16(4)31)9-10-27(12-37-27)22(26)24(39-17(5)32)28(35)14(2)25(34)41-23(28)21(13)29/h7-8,14,18-19,21-24,35H,1,9-12H2,2-6H3/b8-7-/t14-,18-,19-,21-,22+,23-,24-,26-,27-,28-/m0/s1. The Kier molecular flexibility index (Phi) is 8.34. The van der Waals surface area contributed by atoms with E-state index in [0.29, 0.717) is 6.42 Å². The Morgan fingerprint density at radius 3 is 2.32 bits per heavy atom. The van der Waals surface area contributed by atoms with Crippen molar-refractivity contribution < 1.29 is 57.5 Å². The highest BCUT2D eigenvalue weighted by Crippen LogP contribution is 2.62. The molecule has 3 fully saturated rings. The number of epoxide rings is 1. The van der Waals surface area contributed by atoms with Crippen LogP contribution < -0.4 is 0 Å². The topological polar surface area (TPSA) is 164 Å². The van der Waals surface area contributed by atoms with Gasteiger partial charge in [0.1, 0.15) is 18.3 Å². The lowest BCUT2D eigenvalue weighted by Gasteiger charge is -2.56. The fourth-order valence-corrected chi connectivity index (χ4v) is 6.97. The molecule has 2 aliphatic heterocycles. The molecule has 0 bridgehead atoms. The second-order valence-corrected chi connectivity index (χ2v) is 11.8. The molecule has 1 saturated carbocycles.